The standard InChI is InChI=1S/C13H10ClFN2O3/c14-10-5-4-8(17(18)19)6-13(10)20-12-3-1-2-11(15)9(12)7-16/h1-6H,7,16H2. The number of benzene rings is 2. The van der Waals surface area contributed by atoms with E-state index in [1.165, 1.54) is 36.4 Å². The van der Waals surface area contributed by atoms with Gasteiger partial charge in [-0.3, -0.25) is 10.1 Å². The summed E-state index contributed by atoms with van der Waals surface area (Å²) in [5.74, 6) is -0.261. The van der Waals surface area contributed by atoms with Crippen LogP contribution in [0.1, 0.15) is 5.56 Å². The number of halogens is 2. The van der Waals surface area contributed by atoms with Gasteiger partial charge in [0.2, 0.25) is 0 Å². The average Bonchev–Trinajstić information content (AvgIpc) is 2.41. The predicted molar refractivity (Wildman–Crippen MR) is 72.5 cm³/mol. The molecule has 2 aromatic rings. The van der Waals surface area contributed by atoms with Gasteiger partial charge in [-0.15, -0.1) is 0 Å². The van der Waals surface area contributed by atoms with Gasteiger partial charge in [0.25, 0.3) is 5.69 Å². The van der Waals surface area contributed by atoms with Crippen molar-refractivity contribution in [2.75, 3.05) is 0 Å². The molecule has 0 aliphatic carbocycles. The van der Waals surface area contributed by atoms with E-state index in [1.54, 1.807) is 0 Å². The summed E-state index contributed by atoms with van der Waals surface area (Å²) < 4.78 is 19.0. The maximum Gasteiger partial charge on any atom is 0.273 e. The van der Waals surface area contributed by atoms with E-state index in [1.807, 2.05) is 0 Å². The van der Waals surface area contributed by atoms with Crippen LogP contribution in [0.2, 0.25) is 5.02 Å². The maximum absolute atomic E-state index is 13.6. The molecule has 104 valence electrons. The third-order valence-electron chi connectivity index (χ3n) is 2.63. The first-order chi connectivity index (χ1) is 9.52. The molecule has 0 atom stereocenters. The minimum Gasteiger partial charge on any atom is -0.455 e. The highest BCUT2D eigenvalue weighted by Gasteiger charge is 2.14. The fraction of sp³-hybridized carbons (Fsp3) is 0.0769. The molecular weight excluding hydrogens is 287 g/mol. The average molecular weight is 297 g/mol. The number of hydrogen-bond donors (Lipinski definition) is 1. The summed E-state index contributed by atoms with van der Waals surface area (Å²) in [6.45, 7) is -0.0610. The molecular formula is C13H10ClFN2O3. The lowest BCUT2D eigenvalue weighted by molar-refractivity contribution is -0.384. The van der Waals surface area contributed by atoms with Gasteiger partial charge < -0.3 is 10.5 Å². The molecule has 0 saturated carbocycles. The number of nitro groups is 1. The van der Waals surface area contributed by atoms with Crippen LogP contribution in [0.25, 0.3) is 0 Å². The van der Waals surface area contributed by atoms with Gasteiger partial charge in [0, 0.05) is 18.2 Å². The van der Waals surface area contributed by atoms with Gasteiger partial charge >= 0.3 is 0 Å². The molecule has 0 radical (unpaired) electrons. The highest BCUT2D eigenvalue weighted by molar-refractivity contribution is 6.32. The Labute approximate surface area is 118 Å². The third-order valence-corrected chi connectivity index (χ3v) is 2.94. The Balaban J connectivity index is 2.42. The van der Waals surface area contributed by atoms with Crippen LogP contribution in [-0.4, -0.2) is 4.92 Å². The third kappa shape index (κ3) is 2.87. The number of nitrogens with two attached hydrogens (primary N) is 1. The molecule has 2 aromatic carbocycles. The second-order valence-electron chi connectivity index (χ2n) is 3.89. The second kappa shape index (κ2) is 5.85. The van der Waals surface area contributed by atoms with Crippen molar-refractivity contribution < 1.29 is 14.1 Å². The normalized spacial score (nSPS) is 10.3. The molecule has 0 spiro atoms. The van der Waals surface area contributed by atoms with Crippen LogP contribution in [0.15, 0.2) is 36.4 Å². The molecule has 2 rings (SSSR count). The Morgan fingerprint density at radius 2 is 2.05 bits per heavy atom. The molecule has 0 bridgehead atoms. The zero-order valence-corrected chi connectivity index (χ0v) is 10.9. The highest BCUT2D eigenvalue weighted by atomic mass is 35.5. The Morgan fingerprint density at radius 3 is 2.70 bits per heavy atom. The highest BCUT2D eigenvalue weighted by Crippen LogP contribution is 2.34. The van der Waals surface area contributed by atoms with Crippen LogP contribution in [0, 0.1) is 15.9 Å². The van der Waals surface area contributed by atoms with Gasteiger partial charge in [0.1, 0.15) is 11.6 Å². The lowest BCUT2D eigenvalue weighted by Gasteiger charge is -2.11. The molecule has 0 fully saturated rings. The molecule has 7 heteroatoms. The van der Waals surface area contributed by atoms with E-state index in [2.05, 4.69) is 0 Å². The van der Waals surface area contributed by atoms with Crippen LogP contribution in [0.5, 0.6) is 11.5 Å². The minimum absolute atomic E-state index is 0.0610. The summed E-state index contributed by atoms with van der Waals surface area (Å²) in [6.07, 6.45) is 0. The van der Waals surface area contributed by atoms with Crippen molar-refractivity contribution in [2.24, 2.45) is 5.73 Å². The Hall–Kier alpha value is -2.18. The van der Waals surface area contributed by atoms with E-state index < -0.39 is 10.7 Å². The van der Waals surface area contributed by atoms with E-state index in [0.29, 0.717) is 0 Å². The van der Waals surface area contributed by atoms with E-state index in [0.717, 1.165) is 0 Å². The SMILES string of the molecule is NCc1c(F)cccc1Oc1cc([N+](=O)[O-])ccc1Cl. The number of nitro benzene ring substituents is 1. The quantitative estimate of drug-likeness (QED) is 0.690. The fourth-order valence-electron chi connectivity index (χ4n) is 1.63. The first kappa shape index (κ1) is 14.2. The van der Waals surface area contributed by atoms with Gasteiger partial charge in [0.15, 0.2) is 5.75 Å². The summed E-state index contributed by atoms with van der Waals surface area (Å²) in [6, 6.07) is 7.99. The van der Waals surface area contributed by atoms with Crippen LogP contribution in [0.4, 0.5) is 10.1 Å². The summed E-state index contributed by atoms with van der Waals surface area (Å²) in [5, 5.41) is 10.9. The van der Waals surface area contributed by atoms with E-state index in [4.69, 9.17) is 22.1 Å². The molecule has 0 unspecified atom stereocenters. The predicted octanol–water partition coefficient (Wildman–Crippen LogP) is 3.64. The number of ether oxygens (including phenoxy) is 1. The summed E-state index contributed by atoms with van der Waals surface area (Å²) in [7, 11) is 0. The molecule has 0 aliphatic heterocycles. The monoisotopic (exact) mass is 296 g/mol. The summed E-state index contributed by atoms with van der Waals surface area (Å²) in [5.41, 5.74) is 5.46. The van der Waals surface area contributed by atoms with Crippen molar-refractivity contribution in [1.29, 1.82) is 0 Å². The van der Waals surface area contributed by atoms with Crippen molar-refractivity contribution in [3.63, 3.8) is 0 Å². The largest absolute Gasteiger partial charge is 0.455 e. The van der Waals surface area contributed by atoms with Crippen molar-refractivity contribution in [1.82, 2.24) is 0 Å². The van der Waals surface area contributed by atoms with Gasteiger partial charge in [-0.25, -0.2) is 4.39 Å². The second-order valence-corrected chi connectivity index (χ2v) is 4.30. The number of non-ortho nitro benzene ring substituents is 1. The number of rotatable bonds is 4. The van der Waals surface area contributed by atoms with Gasteiger partial charge in [-0.05, 0) is 18.2 Å². The van der Waals surface area contributed by atoms with E-state index >= 15 is 0 Å². The Kier molecular flexibility index (Phi) is 4.16. The summed E-state index contributed by atoms with van der Waals surface area (Å²) >= 11 is 5.91. The van der Waals surface area contributed by atoms with Gasteiger partial charge in [-0.2, -0.15) is 0 Å². The van der Waals surface area contributed by atoms with Crippen LogP contribution in [-0.2, 0) is 6.54 Å². The van der Waals surface area contributed by atoms with E-state index in [-0.39, 0.29) is 34.3 Å². The minimum atomic E-state index is -0.571. The number of hydrogen-bond acceptors (Lipinski definition) is 4. The van der Waals surface area contributed by atoms with E-state index in [9.17, 15) is 14.5 Å². The zero-order valence-electron chi connectivity index (χ0n) is 10.2. The molecule has 0 saturated heterocycles. The smallest absolute Gasteiger partial charge is 0.273 e. The zero-order chi connectivity index (χ0) is 14.7. The van der Waals surface area contributed by atoms with Crippen molar-refractivity contribution in [3.05, 3.63) is 62.9 Å². The lowest BCUT2D eigenvalue weighted by atomic mass is 10.2. The van der Waals surface area contributed by atoms with Crippen molar-refractivity contribution in [3.8, 4) is 11.5 Å². The fourth-order valence-corrected chi connectivity index (χ4v) is 1.79. The van der Waals surface area contributed by atoms with Crippen LogP contribution < -0.4 is 10.5 Å². The maximum atomic E-state index is 13.6. The molecule has 5 nitrogen and oxygen atoms in total. The Morgan fingerprint density at radius 1 is 1.30 bits per heavy atom. The van der Waals surface area contributed by atoms with Crippen molar-refractivity contribution >= 4 is 17.3 Å². The molecule has 0 amide bonds. The molecule has 0 aromatic heterocycles. The summed E-state index contributed by atoms with van der Waals surface area (Å²) in [4.78, 5) is 10.2. The van der Waals surface area contributed by atoms with Crippen LogP contribution in [0.3, 0.4) is 0 Å². The molecule has 20 heavy (non-hydrogen) atoms. The first-order valence-corrected chi connectivity index (χ1v) is 6.00. The Bertz CT molecular complexity index is 664. The molecule has 0 aliphatic rings. The van der Waals surface area contributed by atoms with Gasteiger partial charge in [-0.1, -0.05) is 17.7 Å². The molecule has 2 N–H and O–H groups in total. The first-order valence-electron chi connectivity index (χ1n) is 5.62. The van der Waals surface area contributed by atoms with Crippen molar-refractivity contribution in [2.45, 2.75) is 6.54 Å². The molecule has 0 heterocycles. The van der Waals surface area contributed by atoms with Crippen LogP contribution >= 0.6 is 11.6 Å². The van der Waals surface area contributed by atoms with Gasteiger partial charge in [0.05, 0.1) is 16.0 Å². The lowest BCUT2D eigenvalue weighted by Crippen LogP contribution is -2.02. The number of nitrogens with zero attached hydrogens (tertiary/aromatic N) is 1. The topological polar surface area (TPSA) is 78.4 Å².